The number of hydrogen-bond donors (Lipinski definition) is 3. The quantitative estimate of drug-likeness (QED) is 0.248. The first-order chi connectivity index (χ1) is 21.7. The second kappa shape index (κ2) is 13.8. The number of ether oxygens (including phenoxy) is 1. The van der Waals surface area contributed by atoms with E-state index in [1.165, 1.54) is 29.9 Å². The van der Waals surface area contributed by atoms with Crippen LogP contribution in [0.5, 0.6) is 5.75 Å². The lowest BCUT2D eigenvalue weighted by molar-refractivity contribution is 0.0663. The molecule has 0 aliphatic carbocycles. The number of nitrogens with zero attached hydrogens (tertiary/aromatic N) is 5. The van der Waals surface area contributed by atoms with Gasteiger partial charge in [0.15, 0.2) is 17.4 Å². The Bertz CT molecular complexity index is 1600. The zero-order chi connectivity index (χ0) is 32.1. The Morgan fingerprint density at radius 2 is 1.87 bits per heavy atom. The standard InChI is InChI=1S/C31H36F2N8O4/c1-19-16-20(4-5-22(19)30(43)40-11-13-41(14-12-40)31(44)38-21-8-9-35-17-21)37-29(42)28-36-18-24(39(28)3)23-6-7-25(27(33)26(23)32)45-15-10-34-2/h4-7,16,18,21,35H,2,8-15,17H2,1,3H3,(H,37,42)(H,38,44)/t21-/m1/s1. The fourth-order valence-corrected chi connectivity index (χ4v) is 5.43. The van der Waals surface area contributed by atoms with Crippen LogP contribution in [0.2, 0.25) is 0 Å². The molecule has 45 heavy (non-hydrogen) atoms. The molecule has 2 saturated heterocycles. The van der Waals surface area contributed by atoms with Crippen molar-refractivity contribution in [3.63, 3.8) is 0 Å². The maximum absolute atomic E-state index is 14.9. The Morgan fingerprint density at radius 3 is 2.56 bits per heavy atom. The van der Waals surface area contributed by atoms with Crippen molar-refractivity contribution in [1.82, 2.24) is 30.0 Å². The zero-order valence-corrected chi connectivity index (χ0v) is 25.2. The number of aromatic nitrogens is 2. The molecule has 0 bridgehead atoms. The molecule has 3 aromatic rings. The number of nitrogens with one attached hydrogen (secondary N) is 3. The Hall–Kier alpha value is -4.85. The first kappa shape index (κ1) is 31.6. The van der Waals surface area contributed by atoms with E-state index in [9.17, 15) is 23.2 Å². The molecule has 0 radical (unpaired) electrons. The van der Waals surface area contributed by atoms with Crippen molar-refractivity contribution < 1.29 is 27.9 Å². The molecule has 2 fully saturated rings. The molecule has 2 aromatic carbocycles. The normalized spacial score (nSPS) is 16.4. The highest BCUT2D eigenvalue weighted by molar-refractivity contribution is 6.03. The molecule has 5 rings (SSSR count). The van der Waals surface area contributed by atoms with Crippen LogP contribution in [-0.2, 0) is 7.05 Å². The molecule has 2 aliphatic heterocycles. The lowest BCUT2D eigenvalue weighted by Gasteiger charge is -2.35. The number of halogens is 2. The maximum Gasteiger partial charge on any atom is 0.317 e. The topological polar surface area (TPSA) is 133 Å². The number of piperazine rings is 1. The van der Waals surface area contributed by atoms with E-state index in [0.29, 0.717) is 43.0 Å². The third-order valence-electron chi connectivity index (χ3n) is 7.98. The fourth-order valence-electron chi connectivity index (χ4n) is 5.43. The summed E-state index contributed by atoms with van der Waals surface area (Å²) in [5.74, 6) is -3.27. The van der Waals surface area contributed by atoms with Gasteiger partial charge in [0.2, 0.25) is 5.82 Å². The summed E-state index contributed by atoms with van der Waals surface area (Å²) in [7, 11) is 1.52. The summed E-state index contributed by atoms with van der Waals surface area (Å²) in [5, 5.41) is 9.02. The molecule has 14 heteroatoms. The van der Waals surface area contributed by atoms with Gasteiger partial charge in [-0.15, -0.1) is 0 Å². The van der Waals surface area contributed by atoms with Gasteiger partial charge in [-0.25, -0.2) is 14.2 Å². The van der Waals surface area contributed by atoms with E-state index in [0.717, 1.165) is 19.5 Å². The third kappa shape index (κ3) is 6.95. The van der Waals surface area contributed by atoms with Gasteiger partial charge < -0.3 is 35.1 Å². The summed E-state index contributed by atoms with van der Waals surface area (Å²) >= 11 is 0. The number of imidazole rings is 1. The average Bonchev–Trinajstić information content (AvgIpc) is 3.69. The Kier molecular flexibility index (Phi) is 9.71. The highest BCUT2D eigenvalue weighted by Crippen LogP contribution is 2.30. The molecule has 12 nitrogen and oxygen atoms in total. The number of carbonyl (C=O) groups excluding carboxylic acids is 3. The van der Waals surface area contributed by atoms with Gasteiger partial charge in [0.05, 0.1) is 18.4 Å². The molecule has 0 unspecified atom stereocenters. The summed E-state index contributed by atoms with van der Waals surface area (Å²) in [4.78, 5) is 50.1. The van der Waals surface area contributed by atoms with Crippen LogP contribution in [0, 0.1) is 18.6 Å². The van der Waals surface area contributed by atoms with Crippen LogP contribution < -0.4 is 20.7 Å². The van der Waals surface area contributed by atoms with Gasteiger partial charge in [-0.3, -0.25) is 14.6 Å². The number of hydrogen-bond acceptors (Lipinski definition) is 7. The summed E-state index contributed by atoms with van der Waals surface area (Å²) in [6.07, 6.45) is 2.20. The lowest BCUT2D eigenvalue weighted by Crippen LogP contribution is -2.54. The highest BCUT2D eigenvalue weighted by atomic mass is 19.2. The second-order valence-electron chi connectivity index (χ2n) is 11.0. The minimum absolute atomic E-state index is 0.0221. The van der Waals surface area contributed by atoms with Crippen molar-refractivity contribution >= 4 is 30.3 Å². The smallest absolute Gasteiger partial charge is 0.317 e. The predicted molar refractivity (Wildman–Crippen MR) is 165 cm³/mol. The zero-order valence-electron chi connectivity index (χ0n) is 25.2. The van der Waals surface area contributed by atoms with Gasteiger partial charge in [0.1, 0.15) is 6.61 Å². The highest BCUT2D eigenvalue weighted by Gasteiger charge is 2.28. The van der Waals surface area contributed by atoms with Gasteiger partial charge in [-0.1, -0.05) is 0 Å². The van der Waals surface area contributed by atoms with Crippen molar-refractivity contribution in [3.05, 3.63) is 65.1 Å². The van der Waals surface area contributed by atoms with Crippen LogP contribution in [0.15, 0.2) is 41.5 Å². The molecular weight excluding hydrogens is 586 g/mol. The number of urea groups is 1. The van der Waals surface area contributed by atoms with Gasteiger partial charge in [-0.05, 0) is 62.5 Å². The molecule has 3 N–H and O–H groups in total. The molecule has 3 heterocycles. The van der Waals surface area contributed by atoms with Gasteiger partial charge >= 0.3 is 6.03 Å². The van der Waals surface area contributed by atoms with Crippen LogP contribution in [-0.4, -0.2) is 102 Å². The summed E-state index contributed by atoms with van der Waals surface area (Å²) in [6.45, 7) is 8.77. The number of anilines is 1. The number of aliphatic imine (C=N–C) groups is 1. The monoisotopic (exact) mass is 622 g/mol. The number of aryl methyl sites for hydroxylation is 1. The predicted octanol–water partition coefficient (Wildman–Crippen LogP) is 2.83. The summed E-state index contributed by atoms with van der Waals surface area (Å²) in [6, 6.07) is 7.65. The Balaban J connectivity index is 1.20. The third-order valence-corrected chi connectivity index (χ3v) is 7.98. The SMILES string of the molecule is C=NCCOc1ccc(-c2cnc(C(=O)Nc3ccc(C(=O)N4CCN(C(=O)N[C@@H]5CCNC5)CC4)c(C)c3)n2C)c(F)c1F. The maximum atomic E-state index is 14.9. The van der Waals surface area contributed by atoms with Crippen LogP contribution >= 0.6 is 0 Å². The first-order valence-corrected chi connectivity index (χ1v) is 14.7. The Labute approximate surface area is 259 Å². The molecule has 238 valence electrons. The molecule has 1 atom stereocenters. The molecule has 0 saturated carbocycles. The Morgan fingerprint density at radius 1 is 1.11 bits per heavy atom. The summed E-state index contributed by atoms with van der Waals surface area (Å²) in [5.41, 5.74) is 1.71. The van der Waals surface area contributed by atoms with Gasteiger partial charge in [0, 0.05) is 62.6 Å². The summed E-state index contributed by atoms with van der Waals surface area (Å²) < 4.78 is 36.1. The van der Waals surface area contributed by atoms with E-state index in [1.807, 2.05) is 0 Å². The van der Waals surface area contributed by atoms with Gasteiger partial charge in [-0.2, -0.15) is 4.39 Å². The van der Waals surface area contributed by atoms with Crippen molar-refractivity contribution in [1.29, 1.82) is 0 Å². The number of amides is 4. The molecule has 4 amide bonds. The van der Waals surface area contributed by atoms with Crippen molar-refractivity contribution in [3.8, 4) is 17.0 Å². The van der Waals surface area contributed by atoms with Crippen LogP contribution in [0.1, 0.15) is 33.0 Å². The minimum atomic E-state index is -1.15. The number of carbonyl (C=O) groups is 3. The lowest BCUT2D eigenvalue weighted by atomic mass is 10.1. The number of benzene rings is 2. The number of rotatable bonds is 9. The molecule has 2 aliphatic rings. The average molecular weight is 623 g/mol. The van der Waals surface area contributed by atoms with Gasteiger partial charge in [0.25, 0.3) is 11.8 Å². The van der Waals surface area contributed by atoms with E-state index in [4.69, 9.17) is 4.74 Å². The van der Waals surface area contributed by atoms with E-state index in [1.54, 1.807) is 34.9 Å². The van der Waals surface area contributed by atoms with Crippen LogP contribution in [0.25, 0.3) is 11.3 Å². The van der Waals surface area contributed by atoms with Crippen molar-refractivity contribution in [2.24, 2.45) is 12.0 Å². The van der Waals surface area contributed by atoms with Crippen LogP contribution in [0.3, 0.4) is 0 Å². The fraction of sp³-hybridized carbons (Fsp3) is 0.387. The molecule has 1 aromatic heterocycles. The van der Waals surface area contributed by atoms with E-state index < -0.39 is 17.5 Å². The van der Waals surface area contributed by atoms with E-state index >= 15 is 0 Å². The van der Waals surface area contributed by atoms with Crippen molar-refractivity contribution in [2.75, 3.05) is 57.7 Å². The van der Waals surface area contributed by atoms with E-state index in [2.05, 4.69) is 32.6 Å². The molecular formula is C31H36F2N8O4. The first-order valence-electron chi connectivity index (χ1n) is 14.7. The largest absolute Gasteiger partial charge is 0.488 e. The van der Waals surface area contributed by atoms with E-state index in [-0.39, 0.29) is 54.0 Å². The minimum Gasteiger partial charge on any atom is -0.488 e. The van der Waals surface area contributed by atoms with Crippen LogP contribution in [0.4, 0.5) is 19.3 Å². The molecule has 0 spiro atoms. The second-order valence-corrected chi connectivity index (χ2v) is 11.0. The van der Waals surface area contributed by atoms with Crippen molar-refractivity contribution in [2.45, 2.75) is 19.4 Å².